The highest BCUT2D eigenvalue weighted by Crippen LogP contribution is 2.29. The first kappa shape index (κ1) is 24.4. The molecular weight excluding hydrogens is 441 g/mol. The summed E-state index contributed by atoms with van der Waals surface area (Å²) in [6.07, 6.45) is 0.918. The number of nitrogens with zero attached hydrogens (tertiary/aromatic N) is 2. The van der Waals surface area contributed by atoms with E-state index >= 15 is 0 Å². The Morgan fingerprint density at radius 2 is 2.03 bits per heavy atom. The summed E-state index contributed by atoms with van der Waals surface area (Å²) in [6.45, 7) is 2.45. The number of carbonyl (C=O) groups excluding carboxylic acids is 3. The fourth-order valence-electron chi connectivity index (χ4n) is 3.97. The van der Waals surface area contributed by atoms with Gasteiger partial charge in [-0.3, -0.25) is 19.9 Å². The molecule has 8 nitrogen and oxygen atoms in total. The first-order chi connectivity index (χ1) is 15.6. The van der Waals surface area contributed by atoms with E-state index in [2.05, 4.69) is 15.6 Å². The van der Waals surface area contributed by atoms with Gasteiger partial charge in [-0.1, -0.05) is 25.1 Å². The van der Waals surface area contributed by atoms with Crippen molar-refractivity contribution in [3.05, 3.63) is 52.9 Å². The van der Waals surface area contributed by atoms with Crippen LogP contribution in [0.4, 0.5) is 18.0 Å². The molecule has 1 fully saturated rings. The molecule has 1 saturated heterocycles. The van der Waals surface area contributed by atoms with Crippen molar-refractivity contribution in [3.8, 4) is 0 Å². The van der Waals surface area contributed by atoms with E-state index in [1.807, 2.05) is 13.0 Å². The summed E-state index contributed by atoms with van der Waals surface area (Å²) in [5.74, 6) is -0.805. The van der Waals surface area contributed by atoms with Crippen molar-refractivity contribution in [2.24, 2.45) is 0 Å². The lowest BCUT2D eigenvalue weighted by atomic mass is 9.90. The fraction of sp³-hybridized carbons (Fsp3) is 0.455. The number of urea groups is 1. The largest absolute Gasteiger partial charge is 0.433 e. The van der Waals surface area contributed by atoms with Gasteiger partial charge in [0.05, 0.1) is 13.2 Å². The highest BCUT2D eigenvalue weighted by atomic mass is 19.4. The van der Waals surface area contributed by atoms with Crippen LogP contribution >= 0.6 is 0 Å². The van der Waals surface area contributed by atoms with E-state index in [0.717, 1.165) is 17.8 Å². The van der Waals surface area contributed by atoms with Crippen molar-refractivity contribution >= 4 is 17.8 Å². The highest BCUT2D eigenvalue weighted by Gasteiger charge is 2.48. The number of alkyl halides is 3. The van der Waals surface area contributed by atoms with E-state index in [9.17, 15) is 27.6 Å². The second-order valence-corrected chi connectivity index (χ2v) is 7.92. The van der Waals surface area contributed by atoms with Crippen LogP contribution in [-0.2, 0) is 26.9 Å². The Kier molecular flexibility index (Phi) is 7.21. The molecule has 0 bridgehead atoms. The Labute approximate surface area is 188 Å². The number of imide groups is 1. The van der Waals surface area contributed by atoms with Gasteiger partial charge in [0, 0.05) is 25.4 Å². The van der Waals surface area contributed by atoms with E-state index < -0.39 is 29.3 Å². The normalized spacial score (nSPS) is 21.4. The molecule has 3 heterocycles. The number of aryl methyl sites for hydroxylation is 1. The van der Waals surface area contributed by atoms with Gasteiger partial charge >= 0.3 is 12.2 Å². The van der Waals surface area contributed by atoms with Gasteiger partial charge in [0.1, 0.15) is 11.2 Å². The molecule has 0 radical (unpaired) electrons. The van der Waals surface area contributed by atoms with E-state index in [1.54, 1.807) is 13.2 Å². The standard InChI is InChI=1S/C22H25F3N4O4/c1-3-16-15(5-4-10-33-2)12-29(18(16)30)13-21(19(31)27-20(32)28-21)9-8-14-6-7-17(26-11-14)22(23,24)25/h4-7,11H,3,8-10,12-13H2,1-2H3,(H2,27,28,31,32)/b5-4-. The Morgan fingerprint density at radius 3 is 2.58 bits per heavy atom. The zero-order valence-corrected chi connectivity index (χ0v) is 18.3. The second-order valence-electron chi connectivity index (χ2n) is 7.92. The summed E-state index contributed by atoms with van der Waals surface area (Å²) < 4.78 is 43.2. The molecule has 178 valence electrons. The molecule has 11 heteroatoms. The predicted octanol–water partition coefficient (Wildman–Crippen LogP) is 2.36. The number of pyridine rings is 1. The predicted molar refractivity (Wildman–Crippen MR) is 112 cm³/mol. The van der Waals surface area contributed by atoms with Crippen LogP contribution in [-0.4, -0.2) is 60.1 Å². The van der Waals surface area contributed by atoms with E-state index in [1.165, 1.54) is 11.0 Å². The molecule has 0 saturated carbocycles. The lowest BCUT2D eigenvalue weighted by Crippen LogP contribution is -2.56. The topological polar surface area (TPSA) is 101 Å². The number of aromatic nitrogens is 1. The number of hydrogen-bond acceptors (Lipinski definition) is 5. The van der Waals surface area contributed by atoms with Crippen molar-refractivity contribution in [3.63, 3.8) is 0 Å². The number of nitrogens with one attached hydrogen (secondary N) is 2. The van der Waals surface area contributed by atoms with Gasteiger partial charge in [-0.15, -0.1) is 0 Å². The number of carbonyl (C=O) groups is 3. The summed E-state index contributed by atoms with van der Waals surface area (Å²) >= 11 is 0. The molecular formula is C22H25F3N4O4. The maximum Gasteiger partial charge on any atom is 0.433 e. The van der Waals surface area contributed by atoms with Gasteiger partial charge in [-0.05, 0) is 36.5 Å². The molecule has 1 atom stereocenters. The van der Waals surface area contributed by atoms with E-state index in [0.29, 0.717) is 24.2 Å². The molecule has 1 aromatic rings. The van der Waals surface area contributed by atoms with Gasteiger partial charge in [-0.2, -0.15) is 13.2 Å². The Morgan fingerprint density at radius 1 is 1.27 bits per heavy atom. The first-order valence-electron chi connectivity index (χ1n) is 10.4. The average molecular weight is 466 g/mol. The van der Waals surface area contributed by atoms with Crippen LogP contribution in [0.3, 0.4) is 0 Å². The third-order valence-electron chi connectivity index (χ3n) is 5.66. The number of hydrogen-bond donors (Lipinski definition) is 2. The Hall–Kier alpha value is -3.21. The zero-order chi connectivity index (χ0) is 24.2. The molecule has 0 aromatic carbocycles. The average Bonchev–Trinajstić information content (AvgIpc) is 3.21. The molecule has 3 rings (SSSR count). The maximum atomic E-state index is 12.9. The summed E-state index contributed by atoms with van der Waals surface area (Å²) in [6, 6.07) is 1.48. The quantitative estimate of drug-likeness (QED) is 0.545. The van der Waals surface area contributed by atoms with Crippen LogP contribution in [0.2, 0.25) is 0 Å². The second kappa shape index (κ2) is 9.74. The highest BCUT2D eigenvalue weighted by molar-refractivity contribution is 6.08. The van der Waals surface area contributed by atoms with Crippen LogP contribution in [0, 0.1) is 0 Å². The van der Waals surface area contributed by atoms with Crippen molar-refractivity contribution in [2.75, 3.05) is 26.8 Å². The summed E-state index contributed by atoms with van der Waals surface area (Å²) in [5.41, 5.74) is -0.511. The van der Waals surface area contributed by atoms with Gasteiger partial charge in [0.15, 0.2) is 0 Å². The first-order valence-corrected chi connectivity index (χ1v) is 10.4. The van der Waals surface area contributed by atoms with Gasteiger partial charge in [0.2, 0.25) is 0 Å². The number of amides is 4. The minimum Gasteiger partial charge on any atom is -0.381 e. The minimum absolute atomic E-state index is 0.0669. The number of halogens is 3. The Balaban J connectivity index is 1.76. The van der Waals surface area contributed by atoms with Gasteiger partial charge in [-0.25, -0.2) is 4.79 Å². The van der Waals surface area contributed by atoms with E-state index in [-0.39, 0.29) is 31.8 Å². The monoisotopic (exact) mass is 466 g/mol. The smallest absolute Gasteiger partial charge is 0.381 e. The molecule has 1 aromatic heterocycles. The molecule has 0 aliphatic carbocycles. The molecule has 33 heavy (non-hydrogen) atoms. The maximum absolute atomic E-state index is 12.9. The molecule has 2 aliphatic heterocycles. The van der Waals surface area contributed by atoms with Gasteiger partial charge in [0.25, 0.3) is 11.8 Å². The summed E-state index contributed by atoms with van der Waals surface area (Å²) in [5, 5.41) is 4.82. The molecule has 2 aliphatic rings. The number of methoxy groups -OCH3 is 1. The molecule has 2 N–H and O–H groups in total. The fourth-order valence-corrected chi connectivity index (χ4v) is 3.97. The summed E-state index contributed by atoms with van der Waals surface area (Å²) in [7, 11) is 1.56. The van der Waals surface area contributed by atoms with Crippen molar-refractivity contribution in [2.45, 2.75) is 37.9 Å². The minimum atomic E-state index is -4.55. The Bertz CT molecular complexity index is 988. The molecule has 4 amide bonds. The lowest BCUT2D eigenvalue weighted by Gasteiger charge is -2.31. The van der Waals surface area contributed by atoms with E-state index in [4.69, 9.17) is 4.74 Å². The van der Waals surface area contributed by atoms with Crippen molar-refractivity contribution < 1.29 is 32.3 Å². The SMILES string of the molecule is CCC1=C(/C=C\COC)CN(CC2(CCc3ccc(C(F)(F)F)nc3)NC(=O)NC2=O)C1=O. The third-order valence-corrected chi connectivity index (χ3v) is 5.66. The summed E-state index contributed by atoms with van der Waals surface area (Å²) in [4.78, 5) is 42.5. The van der Waals surface area contributed by atoms with Crippen LogP contribution in [0.15, 0.2) is 41.6 Å². The van der Waals surface area contributed by atoms with Crippen molar-refractivity contribution in [1.82, 2.24) is 20.5 Å². The zero-order valence-electron chi connectivity index (χ0n) is 18.3. The van der Waals surface area contributed by atoms with Crippen LogP contribution in [0.25, 0.3) is 0 Å². The molecule has 0 spiro atoms. The van der Waals surface area contributed by atoms with Gasteiger partial charge < -0.3 is 15.0 Å². The number of ether oxygens (including phenoxy) is 1. The third kappa shape index (κ3) is 5.41. The van der Waals surface area contributed by atoms with Crippen molar-refractivity contribution in [1.29, 1.82) is 0 Å². The lowest BCUT2D eigenvalue weighted by molar-refractivity contribution is -0.141. The van der Waals surface area contributed by atoms with Crippen LogP contribution < -0.4 is 10.6 Å². The van der Waals surface area contributed by atoms with Crippen LogP contribution in [0.1, 0.15) is 31.0 Å². The van der Waals surface area contributed by atoms with Crippen LogP contribution in [0.5, 0.6) is 0 Å². The molecule has 1 unspecified atom stereocenters. The number of rotatable bonds is 9.